The molecular weight excluding hydrogens is 616 g/mol. The van der Waals surface area contributed by atoms with Crippen LogP contribution in [0.4, 0.5) is 0 Å². The molecule has 2 saturated heterocycles. The number of fused-ring (bicyclic) bond motifs is 1. The van der Waals surface area contributed by atoms with Gasteiger partial charge in [-0.05, 0) is 24.6 Å². The monoisotopic (exact) mass is 656 g/mol. The van der Waals surface area contributed by atoms with Crippen molar-refractivity contribution in [1.82, 2.24) is 0 Å². The minimum Gasteiger partial charge on any atom is -0.497 e. The van der Waals surface area contributed by atoms with Gasteiger partial charge in [-0.3, -0.25) is 0 Å². The van der Waals surface area contributed by atoms with Gasteiger partial charge in [0.05, 0.1) is 44.2 Å². The Bertz CT molecular complexity index is 1340. The topological polar surface area (TPSA) is 258 Å². The van der Waals surface area contributed by atoms with Crippen LogP contribution in [-0.4, -0.2) is 133 Å². The van der Waals surface area contributed by atoms with E-state index >= 15 is 0 Å². The van der Waals surface area contributed by atoms with E-state index in [0.29, 0.717) is 11.3 Å². The molecule has 0 unspecified atom stereocenters. The summed E-state index contributed by atoms with van der Waals surface area (Å²) in [6, 6.07) is 6.91. The Hall–Kier alpha value is -2.84. The van der Waals surface area contributed by atoms with E-state index in [4.69, 9.17) is 28.4 Å². The molecule has 0 amide bonds. The second-order valence-corrected chi connectivity index (χ2v) is 11.4. The lowest BCUT2D eigenvalue weighted by Crippen LogP contribution is -2.60. The molecule has 0 spiro atoms. The van der Waals surface area contributed by atoms with E-state index in [9.17, 15) is 51.1 Å². The highest BCUT2D eigenvalue weighted by Gasteiger charge is 2.48. The zero-order valence-electron chi connectivity index (χ0n) is 25.0. The highest BCUT2D eigenvalue weighted by atomic mass is 16.7. The second-order valence-electron chi connectivity index (χ2n) is 11.4. The molecule has 3 heterocycles. The average Bonchev–Trinajstić information content (AvgIpc) is 3.06. The maximum Gasteiger partial charge on any atom is 0.229 e. The number of rotatable bonds is 9. The Morgan fingerprint density at radius 3 is 1.72 bits per heavy atom. The molecule has 0 radical (unpaired) electrons. The third-order valence-electron chi connectivity index (χ3n) is 8.56. The summed E-state index contributed by atoms with van der Waals surface area (Å²) >= 11 is 0. The van der Waals surface area contributed by atoms with Crippen LogP contribution in [0.5, 0.6) is 23.0 Å². The Labute approximate surface area is 263 Å². The Kier molecular flexibility index (Phi) is 10.6. The number of ether oxygens (including phenoxy) is 6. The summed E-state index contributed by atoms with van der Waals surface area (Å²) in [6.45, 7) is -0.782. The molecular formula is C30H40O16. The van der Waals surface area contributed by atoms with Crippen LogP contribution in [0, 0.1) is 6.92 Å². The third kappa shape index (κ3) is 6.24. The van der Waals surface area contributed by atoms with Crippen molar-refractivity contribution in [2.24, 2.45) is 0 Å². The zero-order chi connectivity index (χ0) is 33.4. The number of hydrogen-bond donors (Lipinski definition) is 10. The molecule has 0 saturated carbocycles. The average molecular weight is 657 g/mol. The van der Waals surface area contributed by atoms with Gasteiger partial charge < -0.3 is 79.5 Å². The lowest BCUT2D eigenvalue weighted by molar-refractivity contribution is -0.279. The maximum absolute atomic E-state index is 11.5. The molecule has 0 bridgehead atoms. The van der Waals surface area contributed by atoms with E-state index < -0.39 is 93.4 Å². The van der Waals surface area contributed by atoms with Gasteiger partial charge in [0.15, 0.2) is 0 Å². The molecule has 16 heteroatoms. The highest BCUT2D eigenvalue weighted by molar-refractivity contribution is 5.64. The maximum atomic E-state index is 11.5. The predicted molar refractivity (Wildman–Crippen MR) is 152 cm³/mol. The lowest BCUT2D eigenvalue weighted by atomic mass is 9.90. The van der Waals surface area contributed by atoms with E-state index in [1.165, 1.54) is 14.0 Å². The van der Waals surface area contributed by atoms with Gasteiger partial charge in [0.2, 0.25) is 12.6 Å². The normalized spacial score (nSPS) is 36.0. The quantitative estimate of drug-likeness (QED) is 0.133. The van der Waals surface area contributed by atoms with Crippen molar-refractivity contribution in [2.45, 2.75) is 93.6 Å². The first-order valence-corrected chi connectivity index (χ1v) is 14.7. The van der Waals surface area contributed by atoms with Crippen molar-refractivity contribution < 1.29 is 79.5 Å². The standard InChI is InChI=1S/C30H40O16/c1-11-26(45-29-24(39)22(37)20(35)17(9-32)43-29)14(8-31)28(46-30-25(40)23(38)21(36)18(10-33)44-30)19-15(34)7-16(42-27(11)19)12-3-5-13(41-2)6-4-12/h3-6,15-18,20-25,29-40H,7-10H2,1-2H3/t15-,16+,17+,18+,20+,21+,22-,23-,24+,25+,29-,30-/m0/s1. The Balaban J connectivity index is 1.61. The minimum absolute atomic E-state index is 0.00158. The zero-order valence-corrected chi connectivity index (χ0v) is 25.0. The SMILES string of the molecule is COc1ccc([C@H]2C[C@H](O)c3c(c(C)c(O[C@@H]4O[C@H](CO)[C@@H](O)[C@H](O)[C@H]4O)c(CO)c3O[C@@H]3O[C@H](CO)[C@@H](O)[C@H](O)[C@H]3O)O2)cc1. The Morgan fingerprint density at radius 2 is 1.24 bits per heavy atom. The van der Waals surface area contributed by atoms with Crippen molar-refractivity contribution in [3.05, 3.63) is 46.5 Å². The lowest BCUT2D eigenvalue weighted by Gasteiger charge is -2.42. The summed E-state index contributed by atoms with van der Waals surface area (Å²) in [7, 11) is 1.52. The number of aliphatic hydroxyl groups is 10. The fraction of sp³-hybridized carbons (Fsp3) is 0.600. The van der Waals surface area contributed by atoms with Crippen LogP contribution in [-0.2, 0) is 16.1 Å². The summed E-state index contributed by atoms with van der Waals surface area (Å²) in [5.41, 5.74) is 0.721. The van der Waals surface area contributed by atoms with Gasteiger partial charge in [0.1, 0.15) is 77.9 Å². The molecule has 3 aliphatic heterocycles. The first kappa shape index (κ1) is 34.5. The summed E-state index contributed by atoms with van der Waals surface area (Å²) < 4.78 is 34.6. The Morgan fingerprint density at radius 1 is 0.717 bits per heavy atom. The number of aliphatic hydroxyl groups excluding tert-OH is 10. The molecule has 12 atom stereocenters. The third-order valence-corrected chi connectivity index (χ3v) is 8.56. The van der Waals surface area contributed by atoms with Gasteiger partial charge in [0, 0.05) is 12.0 Å². The van der Waals surface area contributed by atoms with E-state index in [1.807, 2.05) is 0 Å². The van der Waals surface area contributed by atoms with Crippen LogP contribution in [0.2, 0.25) is 0 Å². The molecule has 256 valence electrons. The van der Waals surface area contributed by atoms with Crippen molar-refractivity contribution in [2.75, 3.05) is 20.3 Å². The van der Waals surface area contributed by atoms with Crippen LogP contribution in [0.15, 0.2) is 24.3 Å². The van der Waals surface area contributed by atoms with E-state index in [-0.39, 0.29) is 40.4 Å². The van der Waals surface area contributed by atoms with Gasteiger partial charge in [-0.25, -0.2) is 0 Å². The molecule has 0 aromatic heterocycles. The smallest absolute Gasteiger partial charge is 0.229 e. The molecule has 2 aromatic rings. The van der Waals surface area contributed by atoms with E-state index in [2.05, 4.69) is 0 Å². The summed E-state index contributed by atoms with van der Waals surface area (Å²) in [4.78, 5) is 0. The van der Waals surface area contributed by atoms with Crippen molar-refractivity contribution in [3.8, 4) is 23.0 Å². The summed E-state index contributed by atoms with van der Waals surface area (Å²) in [5.74, 6) is 0.117. The second kappa shape index (κ2) is 14.1. The molecule has 2 aromatic carbocycles. The van der Waals surface area contributed by atoms with E-state index in [0.717, 1.165) is 0 Å². The van der Waals surface area contributed by atoms with E-state index in [1.54, 1.807) is 24.3 Å². The molecule has 46 heavy (non-hydrogen) atoms. The molecule has 16 nitrogen and oxygen atoms in total. The molecule has 0 aliphatic carbocycles. The van der Waals surface area contributed by atoms with Crippen LogP contribution in [0.3, 0.4) is 0 Å². The van der Waals surface area contributed by atoms with Crippen molar-refractivity contribution in [3.63, 3.8) is 0 Å². The first-order chi connectivity index (χ1) is 21.9. The fourth-order valence-corrected chi connectivity index (χ4v) is 5.89. The largest absolute Gasteiger partial charge is 0.497 e. The van der Waals surface area contributed by atoms with Crippen molar-refractivity contribution in [1.29, 1.82) is 0 Å². The number of methoxy groups -OCH3 is 1. The van der Waals surface area contributed by atoms with Gasteiger partial charge in [-0.2, -0.15) is 0 Å². The fourth-order valence-electron chi connectivity index (χ4n) is 5.89. The first-order valence-electron chi connectivity index (χ1n) is 14.7. The molecule has 10 N–H and O–H groups in total. The summed E-state index contributed by atoms with van der Waals surface area (Å²) in [5, 5.41) is 104. The van der Waals surface area contributed by atoms with Crippen LogP contribution in [0.25, 0.3) is 0 Å². The van der Waals surface area contributed by atoms with Crippen molar-refractivity contribution >= 4 is 0 Å². The molecule has 2 fully saturated rings. The van der Waals surface area contributed by atoms with Crippen LogP contribution in [0.1, 0.15) is 40.9 Å². The van der Waals surface area contributed by atoms with Crippen LogP contribution < -0.4 is 18.9 Å². The molecule has 3 aliphatic rings. The minimum atomic E-state index is -1.86. The van der Waals surface area contributed by atoms with Crippen LogP contribution >= 0.6 is 0 Å². The summed E-state index contributed by atoms with van der Waals surface area (Å²) in [6.07, 6.45) is -18.7. The van der Waals surface area contributed by atoms with Gasteiger partial charge in [-0.1, -0.05) is 12.1 Å². The van der Waals surface area contributed by atoms with Gasteiger partial charge in [0.25, 0.3) is 0 Å². The van der Waals surface area contributed by atoms with Gasteiger partial charge >= 0.3 is 0 Å². The predicted octanol–water partition coefficient (Wildman–Crippen LogP) is -2.59. The highest BCUT2D eigenvalue weighted by Crippen LogP contribution is 2.53. The molecule has 5 rings (SSSR count). The number of hydrogen-bond acceptors (Lipinski definition) is 16. The number of benzene rings is 2. The van der Waals surface area contributed by atoms with Gasteiger partial charge in [-0.15, -0.1) is 0 Å².